The van der Waals surface area contributed by atoms with Gasteiger partial charge in [0.1, 0.15) is 10.0 Å². The third kappa shape index (κ3) is 4.60. The summed E-state index contributed by atoms with van der Waals surface area (Å²) >= 11 is 1.67. The van der Waals surface area contributed by atoms with Gasteiger partial charge >= 0.3 is 0 Å². The van der Waals surface area contributed by atoms with Crippen LogP contribution in [0, 0.1) is 6.92 Å². The standard InChI is InChI=1S/C6H10N2S.C5H9N3/c1-4(2)6-8-7-5(3)9-6;1-5(2)8-6-3-4-7-8/h4H,1-3H3;3-5H,1-2H3. The molecule has 0 aliphatic heterocycles. The number of nitrogens with zero attached hydrogens (tertiary/aromatic N) is 5. The molecule has 0 bridgehead atoms. The maximum atomic E-state index is 3.98. The van der Waals surface area contributed by atoms with Gasteiger partial charge in [-0.25, -0.2) is 0 Å². The number of hydrogen-bond acceptors (Lipinski definition) is 5. The van der Waals surface area contributed by atoms with Gasteiger partial charge in [-0.15, -0.1) is 21.5 Å². The molecule has 6 heteroatoms. The predicted octanol–water partition coefficient (Wildman–Crippen LogP) is 2.83. The Morgan fingerprint density at radius 1 is 1.06 bits per heavy atom. The van der Waals surface area contributed by atoms with E-state index in [1.165, 1.54) is 0 Å². The van der Waals surface area contributed by atoms with Crippen molar-refractivity contribution in [2.45, 2.75) is 46.6 Å². The first kappa shape index (κ1) is 13.8. The SMILES string of the molecule is CC(C)n1nccn1.Cc1nnc(C(C)C)s1. The van der Waals surface area contributed by atoms with Crippen LogP contribution in [0.5, 0.6) is 0 Å². The maximum absolute atomic E-state index is 3.98. The number of hydrogen-bond donors (Lipinski definition) is 0. The van der Waals surface area contributed by atoms with Gasteiger partial charge in [0.25, 0.3) is 0 Å². The molecule has 5 nitrogen and oxygen atoms in total. The largest absolute Gasteiger partial charge is 0.182 e. The van der Waals surface area contributed by atoms with Gasteiger partial charge < -0.3 is 0 Å². The van der Waals surface area contributed by atoms with E-state index in [9.17, 15) is 0 Å². The van der Waals surface area contributed by atoms with Crippen LogP contribution in [-0.2, 0) is 0 Å². The minimum atomic E-state index is 0.380. The van der Waals surface area contributed by atoms with Crippen molar-refractivity contribution in [2.75, 3.05) is 0 Å². The van der Waals surface area contributed by atoms with Crippen molar-refractivity contribution in [1.29, 1.82) is 0 Å². The first-order valence-electron chi connectivity index (χ1n) is 5.66. The van der Waals surface area contributed by atoms with Crippen molar-refractivity contribution >= 4 is 11.3 Å². The Morgan fingerprint density at radius 2 is 1.65 bits per heavy atom. The van der Waals surface area contributed by atoms with E-state index in [0.29, 0.717) is 12.0 Å². The molecule has 2 heterocycles. The van der Waals surface area contributed by atoms with Gasteiger partial charge in [-0.2, -0.15) is 15.0 Å². The van der Waals surface area contributed by atoms with Crippen molar-refractivity contribution in [3.63, 3.8) is 0 Å². The third-order valence-corrected chi connectivity index (χ3v) is 3.07. The van der Waals surface area contributed by atoms with E-state index in [1.54, 1.807) is 28.5 Å². The summed E-state index contributed by atoms with van der Waals surface area (Å²) < 4.78 is 0. The smallest absolute Gasteiger partial charge is 0.119 e. The van der Waals surface area contributed by atoms with Gasteiger partial charge in [0.05, 0.1) is 18.4 Å². The molecule has 0 saturated heterocycles. The lowest BCUT2D eigenvalue weighted by Gasteiger charge is -1.99. The molecule has 0 saturated carbocycles. The van der Waals surface area contributed by atoms with Crippen LogP contribution in [0.4, 0.5) is 0 Å². The topological polar surface area (TPSA) is 56.5 Å². The third-order valence-electron chi connectivity index (χ3n) is 1.93. The molecule has 0 unspecified atom stereocenters. The second-order valence-electron chi connectivity index (χ2n) is 4.26. The molecule has 0 radical (unpaired) electrons. The average Bonchev–Trinajstić information content (AvgIpc) is 2.87. The van der Waals surface area contributed by atoms with Gasteiger partial charge in [-0.3, -0.25) is 0 Å². The molecule has 0 spiro atoms. The summed E-state index contributed by atoms with van der Waals surface area (Å²) in [7, 11) is 0. The molecular formula is C11H19N5S. The summed E-state index contributed by atoms with van der Waals surface area (Å²) in [5.74, 6) is 0.524. The van der Waals surface area contributed by atoms with Crippen LogP contribution in [0.25, 0.3) is 0 Å². The molecule has 17 heavy (non-hydrogen) atoms. The quantitative estimate of drug-likeness (QED) is 0.825. The molecule has 0 aromatic carbocycles. The summed E-state index contributed by atoms with van der Waals surface area (Å²) in [6.07, 6.45) is 3.36. The second-order valence-corrected chi connectivity index (χ2v) is 5.47. The number of rotatable bonds is 2. The lowest BCUT2D eigenvalue weighted by Crippen LogP contribution is -2.03. The van der Waals surface area contributed by atoms with Gasteiger partial charge in [0, 0.05) is 5.92 Å². The highest BCUT2D eigenvalue weighted by Crippen LogP contribution is 2.17. The van der Waals surface area contributed by atoms with Crippen LogP contribution in [0.1, 0.15) is 49.7 Å². The van der Waals surface area contributed by atoms with Crippen LogP contribution in [-0.4, -0.2) is 25.2 Å². The van der Waals surface area contributed by atoms with E-state index in [4.69, 9.17) is 0 Å². The first-order valence-corrected chi connectivity index (χ1v) is 6.48. The monoisotopic (exact) mass is 253 g/mol. The Kier molecular flexibility index (Phi) is 5.21. The molecule has 94 valence electrons. The minimum absolute atomic E-state index is 0.380. The van der Waals surface area contributed by atoms with E-state index in [0.717, 1.165) is 10.0 Å². The lowest BCUT2D eigenvalue weighted by molar-refractivity contribution is 0.466. The van der Waals surface area contributed by atoms with E-state index < -0.39 is 0 Å². The average molecular weight is 253 g/mol. The number of aromatic nitrogens is 5. The van der Waals surface area contributed by atoms with Gasteiger partial charge in [-0.1, -0.05) is 13.8 Å². The van der Waals surface area contributed by atoms with Crippen molar-refractivity contribution in [3.8, 4) is 0 Å². The zero-order chi connectivity index (χ0) is 12.8. The first-order chi connectivity index (χ1) is 8.00. The summed E-state index contributed by atoms with van der Waals surface area (Å²) in [5, 5.41) is 17.9. The summed E-state index contributed by atoms with van der Waals surface area (Å²) in [4.78, 5) is 1.67. The van der Waals surface area contributed by atoms with Gasteiger partial charge in [0.2, 0.25) is 0 Å². The lowest BCUT2D eigenvalue weighted by atomic mass is 10.2. The second kappa shape index (κ2) is 6.44. The highest BCUT2D eigenvalue weighted by molar-refractivity contribution is 7.11. The fourth-order valence-corrected chi connectivity index (χ4v) is 1.74. The van der Waals surface area contributed by atoms with Crippen LogP contribution >= 0.6 is 11.3 Å². The molecule has 2 aromatic rings. The fourth-order valence-electron chi connectivity index (χ4n) is 1.04. The van der Waals surface area contributed by atoms with E-state index in [-0.39, 0.29) is 0 Å². The molecule has 2 rings (SSSR count). The van der Waals surface area contributed by atoms with E-state index in [2.05, 4.69) is 34.2 Å². The molecule has 0 atom stereocenters. The van der Waals surface area contributed by atoms with Crippen LogP contribution in [0.15, 0.2) is 12.4 Å². The zero-order valence-electron chi connectivity index (χ0n) is 11.0. The molecular weight excluding hydrogens is 234 g/mol. The highest BCUT2D eigenvalue weighted by Gasteiger charge is 2.03. The zero-order valence-corrected chi connectivity index (χ0v) is 11.8. The minimum Gasteiger partial charge on any atom is -0.182 e. The van der Waals surface area contributed by atoms with Crippen molar-refractivity contribution < 1.29 is 0 Å². The Bertz CT molecular complexity index is 419. The Labute approximate surface area is 106 Å². The van der Waals surface area contributed by atoms with Gasteiger partial charge in [0.15, 0.2) is 0 Å². The number of aryl methyl sites for hydroxylation is 1. The van der Waals surface area contributed by atoms with Crippen molar-refractivity contribution in [2.24, 2.45) is 0 Å². The van der Waals surface area contributed by atoms with E-state index in [1.807, 2.05) is 20.8 Å². The molecule has 0 amide bonds. The molecule has 0 N–H and O–H groups in total. The van der Waals surface area contributed by atoms with Crippen LogP contribution < -0.4 is 0 Å². The predicted molar refractivity (Wildman–Crippen MR) is 69.1 cm³/mol. The molecule has 0 aliphatic rings. The summed E-state index contributed by atoms with van der Waals surface area (Å²) in [5.41, 5.74) is 0. The highest BCUT2D eigenvalue weighted by atomic mass is 32.1. The van der Waals surface area contributed by atoms with Crippen molar-refractivity contribution in [1.82, 2.24) is 25.2 Å². The Hall–Kier alpha value is -1.30. The maximum Gasteiger partial charge on any atom is 0.119 e. The Balaban J connectivity index is 0.000000171. The molecule has 0 aliphatic carbocycles. The van der Waals surface area contributed by atoms with E-state index >= 15 is 0 Å². The summed E-state index contributed by atoms with van der Waals surface area (Å²) in [6, 6.07) is 0.380. The summed E-state index contributed by atoms with van der Waals surface area (Å²) in [6.45, 7) is 10.3. The Morgan fingerprint density at radius 3 is 1.88 bits per heavy atom. The molecule has 0 fully saturated rings. The normalized spacial score (nSPS) is 10.5. The van der Waals surface area contributed by atoms with Crippen LogP contribution in [0.2, 0.25) is 0 Å². The van der Waals surface area contributed by atoms with Crippen LogP contribution in [0.3, 0.4) is 0 Å². The fraction of sp³-hybridized carbons (Fsp3) is 0.636. The van der Waals surface area contributed by atoms with Crippen molar-refractivity contribution in [3.05, 3.63) is 22.4 Å². The van der Waals surface area contributed by atoms with Gasteiger partial charge in [-0.05, 0) is 20.8 Å². The molecule has 2 aromatic heterocycles.